The highest BCUT2D eigenvalue weighted by molar-refractivity contribution is 5.68. The summed E-state index contributed by atoms with van der Waals surface area (Å²) >= 11 is 0. The molecule has 21 heavy (non-hydrogen) atoms. The molecule has 1 aliphatic rings. The lowest BCUT2D eigenvalue weighted by atomic mass is 9.92. The van der Waals surface area contributed by atoms with Crippen molar-refractivity contribution in [1.82, 2.24) is 4.90 Å². The molecule has 0 saturated carbocycles. The lowest BCUT2D eigenvalue weighted by molar-refractivity contribution is 0.0177. The van der Waals surface area contributed by atoms with E-state index in [0.717, 1.165) is 0 Å². The van der Waals surface area contributed by atoms with Gasteiger partial charge in [0.25, 0.3) is 0 Å². The number of hydrogen-bond acceptors (Lipinski definition) is 5. The number of rotatable bonds is 2. The van der Waals surface area contributed by atoms with Gasteiger partial charge in [-0.2, -0.15) is 10.5 Å². The van der Waals surface area contributed by atoms with Crippen molar-refractivity contribution >= 4 is 6.09 Å². The highest BCUT2D eigenvalue weighted by atomic mass is 16.6. The van der Waals surface area contributed by atoms with Crippen molar-refractivity contribution in [1.29, 1.82) is 10.5 Å². The highest BCUT2D eigenvalue weighted by Crippen LogP contribution is 2.28. The lowest BCUT2D eigenvalue weighted by Gasteiger charge is -2.33. The van der Waals surface area contributed by atoms with E-state index in [-0.39, 0.29) is 17.6 Å². The third kappa shape index (κ3) is 4.68. The molecule has 0 aromatic heterocycles. The Bertz CT molecular complexity index is 482. The highest BCUT2D eigenvalue weighted by Gasteiger charge is 2.30. The van der Waals surface area contributed by atoms with E-state index < -0.39 is 5.60 Å². The number of ether oxygens (including phenoxy) is 2. The monoisotopic (exact) mass is 291 g/mol. The molecule has 6 heteroatoms. The first-order valence-corrected chi connectivity index (χ1v) is 6.88. The van der Waals surface area contributed by atoms with Crippen LogP contribution in [0.25, 0.3) is 0 Å². The molecule has 6 nitrogen and oxygen atoms in total. The SMILES string of the molecule is COC(=C(C#N)C#N)C1CCN(C(=O)OC(C)(C)C)CC1. The van der Waals surface area contributed by atoms with Gasteiger partial charge in [0.05, 0.1) is 7.11 Å². The number of hydrogen-bond donors (Lipinski definition) is 0. The standard InChI is InChI=1S/C15H21N3O3/c1-15(2,3)21-14(19)18-7-5-11(6-8-18)13(20-4)12(9-16)10-17/h11H,5-8H2,1-4H3. The number of nitriles is 2. The van der Waals surface area contributed by atoms with Crippen LogP contribution in [-0.2, 0) is 9.47 Å². The Hall–Kier alpha value is -2.21. The maximum absolute atomic E-state index is 12.0. The predicted molar refractivity (Wildman–Crippen MR) is 75.8 cm³/mol. The Labute approximate surface area is 125 Å². The fourth-order valence-electron chi connectivity index (χ4n) is 2.26. The lowest BCUT2D eigenvalue weighted by Crippen LogP contribution is -2.42. The van der Waals surface area contributed by atoms with Crippen LogP contribution in [0.1, 0.15) is 33.6 Å². The molecule has 0 atom stereocenters. The van der Waals surface area contributed by atoms with E-state index in [9.17, 15) is 4.79 Å². The van der Waals surface area contributed by atoms with Gasteiger partial charge in [0.2, 0.25) is 0 Å². The van der Waals surface area contributed by atoms with E-state index in [1.54, 1.807) is 4.90 Å². The summed E-state index contributed by atoms with van der Waals surface area (Å²) < 4.78 is 10.5. The van der Waals surface area contributed by atoms with Crippen molar-refractivity contribution in [2.75, 3.05) is 20.2 Å². The Morgan fingerprint density at radius 2 is 1.71 bits per heavy atom. The van der Waals surface area contributed by atoms with Gasteiger partial charge in [-0.3, -0.25) is 0 Å². The molecule has 1 rings (SSSR count). The minimum Gasteiger partial charge on any atom is -0.499 e. The van der Waals surface area contributed by atoms with Gasteiger partial charge in [-0.25, -0.2) is 4.79 Å². The predicted octanol–water partition coefficient (Wildman–Crippen LogP) is 2.58. The molecule has 1 amide bonds. The number of carbonyl (C=O) groups is 1. The molecule has 1 aliphatic heterocycles. The van der Waals surface area contributed by atoms with Crippen molar-refractivity contribution in [3.63, 3.8) is 0 Å². The average Bonchev–Trinajstić information content (AvgIpc) is 2.43. The van der Waals surface area contributed by atoms with Gasteiger partial charge in [-0.15, -0.1) is 0 Å². The number of piperidine rings is 1. The molecular weight excluding hydrogens is 270 g/mol. The summed E-state index contributed by atoms with van der Waals surface area (Å²) in [5, 5.41) is 17.9. The number of methoxy groups -OCH3 is 1. The van der Waals surface area contributed by atoms with E-state index in [1.807, 2.05) is 32.9 Å². The van der Waals surface area contributed by atoms with Crippen molar-refractivity contribution in [2.24, 2.45) is 5.92 Å². The zero-order valence-electron chi connectivity index (χ0n) is 13.0. The largest absolute Gasteiger partial charge is 0.499 e. The van der Waals surface area contributed by atoms with Gasteiger partial charge in [-0.05, 0) is 33.6 Å². The Kier molecular flexibility index (Phi) is 5.60. The van der Waals surface area contributed by atoms with Gasteiger partial charge in [0.1, 0.15) is 23.5 Å². The number of allylic oxidation sites excluding steroid dienone is 2. The molecular formula is C15H21N3O3. The second kappa shape index (κ2) is 6.99. The van der Waals surface area contributed by atoms with E-state index in [2.05, 4.69) is 0 Å². The third-order valence-electron chi connectivity index (χ3n) is 3.21. The molecule has 0 N–H and O–H groups in total. The van der Waals surface area contributed by atoms with Crippen LogP contribution in [0.15, 0.2) is 11.3 Å². The summed E-state index contributed by atoms with van der Waals surface area (Å²) in [5.41, 5.74) is -0.506. The van der Waals surface area contributed by atoms with E-state index in [4.69, 9.17) is 20.0 Å². The van der Waals surface area contributed by atoms with Crippen LogP contribution in [-0.4, -0.2) is 36.8 Å². The molecule has 0 unspecified atom stereocenters. The van der Waals surface area contributed by atoms with Crippen molar-refractivity contribution in [3.05, 3.63) is 11.3 Å². The van der Waals surface area contributed by atoms with Gasteiger partial charge in [-0.1, -0.05) is 0 Å². The number of likely N-dealkylation sites (tertiary alicyclic amines) is 1. The first kappa shape index (κ1) is 16.8. The molecule has 0 radical (unpaired) electrons. The summed E-state index contributed by atoms with van der Waals surface area (Å²) in [6, 6.07) is 3.71. The molecule has 0 bridgehead atoms. The first-order valence-electron chi connectivity index (χ1n) is 6.88. The molecule has 1 saturated heterocycles. The van der Waals surface area contributed by atoms with Crippen LogP contribution in [0.3, 0.4) is 0 Å². The number of amides is 1. The molecule has 1 heterocycles. The number of nitrogens with zero attached hydrogens (tertiary/aromatic N) is 3. The third-order valence-corrected chi connectivity index (χ3v) is 3.21. The van der Waals surface area contributed by atoms with Crippen molar-refractivity contribution < 1.29 is 14.3 Å². The average molecular weight is 291 g/mol. The quantitative estimate of drug-likeness (QED) is 0.576. The number of carbonyl (C=O) groups excluding carboxylic acids is 1. The Balaban J connectivity index is 2.68. The zero-order valence-corrected chi connectivity index (χ0v) is 13.0. The molecule has 0 aromatic rings. The minimum atomic E-state index is -0.514. The fourth-order valence-corrected chi connectivity index (χ4v) is 2.26. The van der Waals surface area contributed by atoms with Gasteiger partial charge in [0, 0.05) is 19.0 Å². The van der Waals surface area contributed by atoms with Gasteiger partial charge in [0.15, 0.2) is 5.57 Å². The molecule has 0 spiro atoms. The normalized spacial score (nSPS) is 15.6. The summed E-state index contributed by atoms with van der Waals surface area (Å²) in [4.78, 5) is 13.6. The van der Waals surface area contributed by atoms with Crippen molar-refractivity contribution in [3.8, 4) is 12.1 Å². The van der Waals surface area contributed by atoms with Gasteiger partial charge >= 0.3 is 6.09 Å². The molecule has 1 fully saturated rings. The topological polar surface area (TPSA) is 86.4 Å². The van der Waals surface area contributed by atoms with Gasteiger partial charge < -0.3 is 14.4 Å². The van der Waals surface area contributed by atoms with Crippen LogP contribution >= 0.6 is 0 Å². The van der Waals surface area contributed by atoms with E-state index in [0.29, 0.717) is 31.7 Å². The van der Waals surface area contributed by atoms with E-state index in [1.165, 1.54) is 7.11 Å². The van der Waals surface area contributed by atoms with Crippen LogP contribution in [0, 0.1) is 28.6 Å². The van der Waals surface area contributed by atoms with Crippen LogP contribution < -0.4 is 0 Å². The Morgan fingerprint density at radius 1 is 1.19 bits per heavy atom. The summed E-state index contributed by atoms with van der Waals surface area (Å²) in [6.45, 7) is 6.54. The zero-order chi connectivity index (χ0) is 16.0. The summed E-state index contributed by atoms with van der Waals surface area (Å²) in [5.74, 6) is 0.409. The van der Waals surface area contributed by atoms with Crippen molar-refractivity contribution in [2.45, 2.75) is 39.2 Å². The second-order valence-corrected chi connectivity index (χ2v) is 5.91. The van der Waals surface area contributed by atoms with Crippen LogP contribution in [0.5, 0.6) is 0 Å². The maximum Gasteiger partial charge on any atom is 0.410 e. The minimum absolute atomic E-state index is 0.00761. The molecule has 0 aliphatic carbocycles. The van der Waals surface area contributed by atoms with Crippen LogP contribution in [0.4, 0.5) is 4.79 Å². The second-order valence-electron chi connectivity index (χ2n) is 5.91. The first-order chi connectivity index (χ1) is 9.82. The smallest absolute Gasteiger partial charge is 0.410 e. The van der Waals surface area contributed by atoms with Crippen LogP contribution in [0.2, 0.25) is 0 Å². The molecule has 114 valence electrons. The maximum atomic E-state index is 12.0. The fraction of sp³-hybridized carbons (Fsp3) is 0.667. The summed E-state index contributed by atoms with van der Waals surface area (Å²) in [6.07, 6.45) is 0.967. The summed E-state index contributed by atoms with van der Waals surface area (Å²) in [7, 11) is 1.46. The van der Waals surface area contributed by atoms with E-state index >= 15 is 0 Å². The Morgan fingerprint density at radius 3 is 2.10 bits per heavy atom. The molecule has 0 aromatic carbocycles.